The van der Waals surface area contributed by atoms with Crippen LogP contribution in [0.4, 0.5) is 4.79 Å². The van der Waals surface area contributed by atoms with Crippen molar-refractivity contribution in [2.75, 3.05) is 13.1 Å². The highest BCUT2D eigenvalue weighted by atomic mass is 16.2. The highest BCUT2D eigenvalue weighted by Crippen LogP contribution is 2.58. The quantitative estimate of drug-likeness (QED) is 0.562. The number of carbonyl (C=O) groups excluding carboxylic acids is 4. The maximum atomic E-state index is 13.1. The standard InChI is InChI=1S/C24H29N3O4/c1-15-4-2-3-5-19(15)6-7-25-20(28)14-26-21(29)22(30)27(23(26)31)24-11-16-8-17(12-24)10-18(9-16)13-24/h2-5,16-18H,6-14H2,1H3,(H,25,28). The van der Waals surface area contributed by atoms with Crippen molar-refractivity contribution in [1.29, 1.82) is 0 Å². The minimum absolute atomic E-state index is 0.403. The highest BCUT2D eigenvalue weighted by molar-refractivity contribution is 6.45. The van der Waals surface area contributed by atoms with E-state index >= 15 is 0 Å². The smallest absolute Gasteiger partial charge is 0.335 e. The molecule has 0 spiro atoms. The third-order valence-electron chi connectivity index (χ3n) is 7.81. The van der Waals surface area contributed by atoms with Crippen LogP contribution < -0.4 is 5.32 Å². The first-order valence-corrected chi connectivity index (χ1v) is 11.4. The lowest BCUT2D eigenvalue weighted by molar-refractivity contribution is -0.150. The predicted molar refractivity (Wildman–Crippen MR) is 113 cm³/mol. The third kappa shape index (κ3) is 3.44. The zero-order chi connectivity index (χ0) is 21.8. The molecule has 4 bridgehead atoms. The molecule has 164 valence electrons. The zero-order valence-electron chi connectivity index (χ0n) is 17.9. The number of imide groups is 2. The van der Waals surface area contributed by atoms with Crippen LogP contribution in [0.15, 0.2) is 24.3 Å². The molecule has 6 rings (SSSR count). The molecular weight excluding hydrogens is 394 g/mol. The maximum absolute atomic E-state index is 13.1. The second kappa shape index (κ2) is 7.46. The van der Waals surface area contributed by atoms with E-state index in [-0.39, 0.29) is 0 Å². The summed E-state index contributed by atoms with van der Waals surface area (Å²) in [6.07, 6.45) is 6.61. The number of benzene rings is 1. The second-order valence-corrected chi connectivity index (χ2v) is 9.98. The minimum Gasteiger partial charge on any atom is -0.354 e. The number of nitrogens with one attached hydrogen (secondary N) is 1. The molecule has 4 aliphatic carbocycles. The van der Waals surface area contributed by atoms with Crippen molar-refractivity contribution in [1.82, 2.24) is 15.1 Å². The number of urea groups is 1. The van der Waals surface area contributed by atoms with Crippen LogP contribution in [-0.2, 0) is 20.8 Å². The Labute approximate surface area is 182 Å². The maximum Gasteiger partial charge on any atom is 0.335 e. The van der Waals surface area contributed by atoms with Gasteiger partial charge in [-0.05, 0) is 80.8 Å². The van der Waals surface area contributed by atoms with Gasteiger partial charge >= 0.3 is 17.8 Å². The van der Waals surface area contributed by atoms with E-state index in [0.717, 1.165) is 35.3 Å². The molecule has 5 aliphatic rings. The van der Waals surface area contributed by atoms with E-state index in [2.05, 4.69) is 5.32 Å². The van der Waals surface area contributed by atoms with E-state index in [1.807, 2.05) is 31.2 Å². The fourth-order valence-corrected chi connectivity index (χ4v) is 6.83. The van der Waals surface area contributed by atoms with E-state index < -0.39 is 35.8 Å². The third-order valence-corrected chi connectivity index (χ3v) is 7.81. The minimum atomic E-state index is -0.866. The lowest BCUT2D eigenvalue weighted by Gasteiger charge is -2.58. The van der Waals surface area contributed by atoms with Gasteiger partial charge in [0.2, 0.25) is 5.91 Å². The van der Waals surface area contributed by atoms with Crippen molar-refractivity contribution in [3.63, 3.8) is 0 Å². The van der Waals surface area contributed by atoms with Gasteiger partial charge in [0, 0.05) is 6.54 Å². The van der Waals surface area contributed by atoms with Gasteiger partial charge in [-0.2, -0.15) is 0 Å². The summed E-state index contributed by atoms with van der Waals surface area (Å²) in [5.74, 6) is -0.410. The van der Waals surface area contributed by atoms with Crippen LogP contribution in [0.2, 0.25) is 0 Å². The second-order valence-electron chi connectivity index (χ2n) is 9.98. The van der Waals surface area contributed by atoms with E-state index in [9.17, 15) is 19.2 Å². The number of aryl methyl sites for hydroxylation is 1. The number of nitrogens with zero attached hydrogens (tertiary/aromatic N) is 2. The average Bonchev–Trinajstić information content (AvgIpc) is 2.92. The summed E-state index contributed by atoms with van der Waals surface area (Å²) in [4.78, 5) is 53.1. The van der Waals surface area contributed by atoms with Crippen molar-refractivity contribution >= 4 is 23.8 Å². The summed E-state index contributed by atoms with van der Waals surface area (Å²) < 4.78 is 0. The van der Waals surface area contributed by atoms with Gasteiger partial charge in [-0.1, -0.05) is 24.3 Å². The Bertz CT molecular complexity index is 921. The first-order valence-electron chi connectivity index (χ1n) is 11.4. The molecule has 1 heterocycles. The van der Waals surface area contributed by atoms with Crippen LogP contribution >= 0.6 is 0 Å². The molecule has 1 aliphatic heterocycles. The van der Waals surface area contributed by atoms with Crippen molar-refractivity contribution in [2.24, 2.45) is 17.8 Å². The molecule has 4 saturated carbocycles. The van der Waals surface area contributed by atoms with Crippen LogP contribution in [-0.4, -0.2) is 52.2 Å². The number of amides is 5. The summed E-state index contributed by atoms with van der Waals surface area (Å²) in [5.41, 5.74) is 1.77. The fraction of sp³-hybridized carbons (Fsp3) is 0.583. The molecule has 0 aromatic heterocycles. The topological polar surface area (TPSA) is 86.8 Å². The van der Waals surface area contributed by atoms with Gasteiger partial charge in [-0.15, -0.1) is 0 Å². The Kier molecular flexibility index (Phi) is 4.87. The molecule has 0 atom stereocenters. The molecule has 1 aromatic carbocycles. The first-order chi connectivity index (χ1) is 14.9. The van der Waals surface area contributed by atoms with Crippen LogP contribution in [0.1, 0.15) is 49.7 Å². The lowest BCUT2D eigenvalue weighted by atomic mass is 9.52. The summed E-state index contributed by atoms with van der Waals surface area (Å²) in [7, 11) is 0. The SMILES string of the molecule is Cc1ccccc1CCNC(=O)CN1C(=O)C(=O)N(C23CC4CC(CC(C4)C2)C3)C1=O. The van der Waals surface area contributed by atoms with Gasteiger partial charge in [0.1, 0.15) is 6.54 Å². The molecule has 7 nitrogen and oxygen atoms in total. The molecule has 1 N–H and O–H groups in total. The van der Waals surface area contributed by atoms with Gasteiger partial charge < -0.3 is 5.32 Å². The Morgan fingerprint density at radius 3 is 2.23 bits per heavy atom. The first kappa shape index (κ1) is 20.2. The van der Waals surface area contributed by atoms with E-state index in [1.165, 1.54) is 24.2 Å². The molecule has 1 saturated heterocycles. The molecule has 5 amide bonds. The normalized spacial score (nSPS) is 31.6. The zero-order valence-corrected chi connectivity index (χ0v) is 17.9. The molecule has 0 unspecified atom stereocenters. The Balaban J connectivity index is 1.23. The molecular formula is C24H29N3O4. The molecule has 1 aromatic rings. The number of hydrogen-bond acceptors (Lipinski definition) is 4. The van der Waals surface area contributed by atoms with Gasteiger partial charge in [-0.3, -0.25) is 14.4 Å². The summed E-state index contributed by atoms with van der Waals surface area (Å²) >= 11 is 0. The van der Waals surface area contributed by atoms with Crippen LogP contribution in [0.3, 0.4) is 0 Å². The van der Waals surface area contributed by atoms with Crippen molar-refractivity contribution in [3.05, 3.63) is 35.4 Å². The number of carbonyl (C=O) groups is 4. The van der Waals surface area contributed by atoms with E-state index in [0.29, 0.717) is 30.7 Å². The van der Waals surface area contributed by atoms with Gasteiger partial charge in [0.15, 0.2) is 0 Å². The largest absolute Gasteiger partial charge is 0.354 e. The van der Waals surface area contributed by atoms with Gasteiger partial charge in [0.05, 0.1) is 5.54 Å². The van der Waals surface area contributed by atoms with Crippen molar-refractivity contribution < 1.29 is 19.2 Å². The predicted octanol–water partition coefficient (Wildman–Crippen LogP) is 2.41. The van der Waals surface area contributed by atoms with Gasteiger partial charge in [-0.25, -0.2) is 14.6 Å². The molecule has 5 fully saturated rings. The van der Waals surface area contributed by atoms with Gasteiger partial charge in [0.25, 0.3) is 0 Å². The fourth-order valence-electron chi connectivity index (χ4n) is 6.83. The lowest BCUT2D eigenvalue weighted by Crippen LogP contribution is -2.62. The Morgan fingerprint density at radius 2 is 1.61 bits per heavy atom. The average molecular weight is 424 g/mol. The monoisotopic (exact) mass is 423 g/mol. The number of hydrogen-bond donors (Lipinski definition) is 1. The molecule has 0 radical (unpaired) electrons. The Morgan fingerprint density at radius 1 is 1.00 bits per heavy atom. The van der Waals surface area contributed by atoms with Crippen molar-refractivity contribution in [3.8, 4) is 0 Å². The van der Waals surface area contributed by atoms with Crippen molar-refractivity contribution in [2.45, 2.75) is 57.4 Å². The number of rotatable bonds is 6. The summed E-state index contributed by atoms with van der Waals surface area (Å²) in [6, 6.07) is 7.34. The van der Waals surface area contributed by atoms with Crippen LogP contribution in [0.5, 0.6) is 0 Å². The van der Waals surface area contributed by atoms with Crippen LogP contribution in [0.25, 0.3) is 0 Å². The molecule has 31 heavy (non-hydrogen) atoms. The van der Waals surface area contributed by atoms with E-state index in [1.54, 1.807) is 0 Å². The Hall–Kier alpha value is -2.70. The van der Waals surface area contributed by atoms with E-state index in [4.69, 9.17) is 0 Å². The highest BCUT2D eigenvalue weighted by Gasteiger charge is 2.61. The summed E-state index contributed by atoms with van der Waals surface area (Å²) in [5, 5.41) is 2.78. The summed E-state index contributed by atoms with van der Waals surface area (Å²) in [6.45, 7) is 2.02. The van der Waals surface area contributed by atoms with Crippen LogP contribution in [0, 0.1) is 24.7 Å². The molecule has 7 heteroatoms.